The SMILES string of the molecule is CCc1c(OC2CCC(N3C(=O)c4ccccc4C3=O)CC2)ccc2[nH]ncc12. The minimum absolute atomic E-state index is 0.0516. The summed E-state index contributed by atoms with van der Waals surface area (Å²) >= 11 is 0. The van der Waals surface area contributed by atoms with Gasteiger partial charge in [-0.25, -0.2) is 0 Å². The van der Waals surface area contributed by atoms with E-state index in [0.717, 1.165) is 48.8 Å². The highest BCUT2D eigenvalue weighted by molar-refractivity contribution is 6.21. The van der Waals surface area contributed by atoms with Gasteiger partial charge in [-0.05, 0) is 56.4 Å². The quantitative estimate of drug-likeness (QED) is 0.682. The van der Waals surface area contributed by atoms with Crippen molar-refractivity contribution in [3.63, 3.8) is 0 Å². The molecule has 6 nitrogen and oxygen atoms in total. The van der Waals surface area contributed by atoms with Gasteiger partial charge < -0.3 is 4.74 Å². The van der Waals surface area contributed by atoms with E-state index in [0.29, 0.717) is 11.1 Å². The van der Waals surface area contributed by atoms with E-state index in [1.807, 2.05) is 18.3 Å². The van der Waals surface area contributed by atoms with Gasteiger partial charge in [0.15, 0.2) is 0 Å². The normalized spacial score (nSPS) is 21.6. The average Bonchev–Trinajstić information content (AvgIpc) is 3.32. The molecule has 29 heavy (non-hydrogen) atoms. The molecule has 1 aliphatic heterocycles. The second-order valence-electron chi connectivity index (χ2n) is 7.80. The number of fused-ring (bicyclic) bond motifs is 2. The molecule has 0 atom stereocenters. The fourth-order valence-corrected chi connectivity index (χ4v) is 4.67. The lowest BCUT2D eigenvalue weighted by Gasteiger charge is -2.33. The largest absolute Gasteiger partial charge is 0.490 e. The smallest absolute Gasteiger partial charge is 0.261 e. The van der Waals surface area contributed by atoms with Crippen molar-refractivity contribution in [3.8, 4) is 5.75 Å². The summed E-state index contributed by atoms with van der Waals surface area (Å²) in [6.45, 7) is 2.12. The number of aryl methyl sites for hydroxylation is 1. The molecule has 0 bridgehead atoms. The Morgan fingerprint density at radius 3 is 2.38 bits per heavy atom. The number of H-pyrrole nitrogens is 1. The van der Waals surface area contributed by atoms with Crippen molar-refractivity contribution in [3.05, 3.63) is 59.3 Å². The third-order valence-electron chi connectivity index (χ3n) is 6.17. The second kappa shape index (κ2) is 7.03. The van der Waals surface area contributed by atoms with Crippen LogP contribution in [0.2, 0.25) is 0 Å². The van der Waals surface area contributed by atoms with Crippen molar-refractivity contribution in [1.82, 2.24) is 15.1 Å². The number of aromatic amines is 1. The average molecular weight is 389 g/mol. The molecule has 1 aromatic heterocycles. The van der Waals surface area contributed by atoms with Crippen LogP contribution in [-0.4, -0.2) is 39.1 Å². The highest BCUT2D eigenvalue weighted by Crippen LogP contribution is 2.34. The molecule has 0 spiro atoms. The van der Waals surface area contributed by atoms with Crippen molar-refractivity contribution < 1.29 is 14.3 Å². The van der Waals surface area contributed by atoms with Crippen LogP contribution in [0.1, 0.15) is 58.9 Å². The van der Waals surface area contributed by atoms with Crippen LogP contribution in [0.3, 0.4) is 0 Å². The first-order valence-corrected chi connectivity index (χ1v) is 10.3. The number of hydrogen-bond donors (Lipinski definition) is 1. The number of nitrogens with one attached hydrogen (secondary N) is 1. The first-order chi connectivity index (χ1) is 14.2. The minimum atomic E-state index is -0.159. The molecular weight excluding hydrogens is 366 g/mol. The molecule has 2 aliphatic rings. The van der Waals surface area contributed by atoms with Gasteiger partial charge in [0.05, 0.1) is 28.9 Å². The van der Waals surface area contributed by atoms with Gasteiger partial charge in [0.2, 0.25) is 0 Å². The predicted molar refractivity (Wildman–Crippen MR) is 109 cm³/mol. The van der Waals surface area contributed by atoms with Crippen LogP contribution < -0.4 is 4.74 Å². The molecule has 2 heterocycles. The minimum Gasteiger partial charge on any atom is -0.490 e. The molecule has 1 aliphatic carbocycles. The number of hydrogen-bond acceptors (Lipinski definition) is 4. The summed E-state index contributed by atoms with van der Waals surface area (Å²) in [5, 5.41) is 8.24. The van der Waals surface area contributed by atoms with E-state index in [9.17, 15) is 9.59 Å². The second-order valence-corrected chi connectivity index (χ2v) is 7.80. The Bertz CT molecular complexity index is 1060. The molecule has 0 radical (unpaired) electrons. The zero-order valence-corrected chi connectivity index (χ0v) is 16.4. The van der Waals surface area contributed by atoms with Gasteiger partial charge in [0.25, 0.3) is 11.8 Å². The first-order valence-electron chi connectivity index (χ1n) is 10.3. The molecule has 2 aromatic carbocycles. The Labute approximate surface area is 168 Å². The summed E-state index contributed by atoms with van der Waals surface area (Å²) < 4.78 is 6.35. The number of nitrogens with zero attached hydrogens (tertiary/aromatic N) is 2. The van der Waals surface area contributed by atoms with E-state index in [4.69, 9.17) is 4.74 Å². The summed E-state index contributed by atoms with van der Waals surface area (Å²) in [5.74, 6) is 0.591. The van der Waals surface area contributed by atoms with Crippen LogP contribution in [-0.2, 0) is 6.42 Å². The number of benzene rings is 2. The molecule has 148 valence electrons. The summed E-state index contributed by atoms with van der Waals surface area (Å²) in [6.07, 6.45) is 6.00. The number of carbonyl (C=O) groups is 2. The third kappa shape index (κ3) is 2.90. The zero-order valence-electron chi connectivity index (χ0n) is 16.4. The summed E-state index contributed by atoms with van der Waals surface area (Å²) in [5.41, 5.74) is 3.23. The Hall–Kier alpha value is -3.15. The molecule has 0 unspecified atom stereocenters. The fraction of sp³-hybridized carbons (Fsp3) is 0.348. The van der Waals surface area contributed by atoms with E-state index >= 15 is 0 Å². The van der Waals surface area contributed by atoms with Gasteiger partial charge in [-0.1, -0.05) is 19.1 Å². The maximum absolute atomic E-state index is 12.7. The zero-order chi connectivity index (χ0) is 20.0. The fourth-order valence-electron chi connectivity index (χ4n) is 4.67. The van der Waals surface area contributed by atoms with Gasteiger partial charge in [-0.2, -0.15) is 5.10 Å². The van der Waals surface area contributed by atoms with Crippen molar-refractivity contribution in [2.45, 2.75) is 51.2 Å². The van der Waals surface area contributed by atoms with Gasteiger partial charge in [0.1, 0.15) is 5.75 Å². The van der Waals surface area contributed by atoms with Gasteiger partial charge in [0, 0.05) is 17.0 Å². The van der Waals surface area contributed by atoms with Crippen molar-refractivity contribution in [2.75, 3.05) is 0 Å². The maximum atomic E-state index is 12.7. The third-order valence-corrected chi connectivity index (χ3v) is 6.17. The topological polar surface area (TPSA) is 75.3 Å². The Morgan fingerprint density at radius 2 is 1.72 bits per heavy atom. The summed E-state index contributed by atoms with van der Waals surface area (Å²) in [4.78, 5) is 26.9. The summed E-state index contributed by atoms with van der Waals surface area (Å²) in [6, 6.07) is 11.0. The van der Waals surface area contributed by atoms with E-state index in [2.05, 4.69) is 17.1 Å². The Kier molecular flexibility index (Phi) is 4.34. The number of carbonyl (C=O) groups excluding carboxylic acids is 2. The van der Waals surface area contributed by atoms with Crippen molar-refractivity contribution in [1.29, 1.82) is 0 Å². The van der Waals surface area contributed by atoms with Crippen molar-refractivity contribution >= 4 is 22.7 Å². The van der Waals surface area contributed by atoms with Crippen LogP contribution in [0.4, 0.5) is 0 Å². The van der Waals surface area contributed by atoms with E-state index in [-0.39, 0.29) is 24.0 Å². The van der Waals surface area contributed by atoms with Crippen LogP contribution in [0.5, 0.6) is 5.75 Å². The highest BCUT2D eigenvalue weighted by atomic mass is 16.5. The molecule has 3 aromatic rings. The molecule has 2 amide bonds. The van der Waals surface area contributed by atoms with Crippen LogP contribution in [0, 0.1) is 0 Å². The van der Waals surface area contributed by atoms with Gasteiger partial charge in [-0.15, -0.1) is 0 Å². The van der Waals surface area contributed by atoms with E-state index in [1.54, 1.807) is 24.3 Å². The molecule has 5 rings (SSSR count). The molecule has 1 saturated carbocycles. The molecule has 6 heteroatoms. The maximum Gasteiger partial charge on any atom is 0.261 e. The lowest BCUT2D eigenvalue weighted by Crippen LogP contribution is -2.43. The monoisotopic (exact) mass is 389 g/mol. The lowest BCUT2D eigenvalue weighted by atomic mass is 9.91. The summed E-state index contributed by atoms with van der Waals surface area (Å²) in [7, 11) is 0. The number of aromatic nitrogens is 2. The molecule has 1 N–H and O–H groups in total. The predicted octanol–water partition coefficient (Wildman–Crippen LogP) is 4.11. The van der Waals surface area contributed by atoms with E-state index in [1.165, 1.54) is 10.5 Å². The van der Waals surface area contributed by atoms with Crippen molar-refractivity contribution in [2.24, 2.45) is 0 Å². The Balaban J connectivity index is 1.28. The van der Waals surface area contributed by atoms with Gasteiger partial charge in [-0.3, -0.25) is 19.6 Å². The van der Waals surface area contributed by atoms with E-state index < -0.39 is 0 Å². The standard InChI is InChI=1S/C23H23N3O3/c1-2-16-19-13-24-25-20(19)11-12-21(16)29-15-9-7-14(8-10-15)26-22(27)17-5-3-4-6-18(17)23(26)28/h3-6,11-15H,2,7-10H2,1H3,(H,24,25). The lowest BCUT2D eigenvalue weighted by molar-refractivity contribution is 0.0478. The van der Waals surface area contributed by atoms with Crippen LogP contribution in [0.15, 0.2) is 42.6 Å². The number of rotatable bonds is 4. The molecule has 1 fully saturated rings. The van der Waals surface area contributed by atoms with Gasteiger partial charge >= 0.3 is 0 Å². The molecule has 0 saturated heterocycles. The molecular formula is C23H23N3O3. The number of ether oxygens (including phenoxy) is 1. The number of imide groups is 1. The number of amides is 2. The highest BCUT2D eigenvalue weighted by Gasteiger charge is 2.41. The van der Waals surface area contributed by atoms with Crippen LogP contribution >= 0.6 is 0 Å². The first kappa shape index (κ1) is 17.9. The van der Waals surface area contributed by atoms with Crippen LogP contribution in [0.25, 0.3) is 10.9 Å². The Morgan fingerprint density at radius 1 is 1.03 bits per heavy atom.